The molecule has 0 N–H and O–H groups in total. The predicted octanol–water partition coefficient (Wildman–Crippen LogP) is 5.14. The van der Waals surface area contributed by atoms with Crippen molar-refractivity contribution in [3.8, 4) is 11.1 Å². The van der Waals surface area contributed by atoms with E-state index in [4.69, 9.17) is 0 Å². The van der Waals surface area contributed by atoms with Crippen LogP contribution in [-0.2, 0) is 16.4 Å². The summed E-state index contributed by atoms with van der Waals surface area (Å²) in [4.78, 5) is 0.161. The molecule has 1 aliphatic rings. The molecule has 5 heteroatoms. The molecule has 0 aromatic heterocycles. The van der Waals surface area contributed by atoms with Crippen molar-refractivity contribution in [2.45, 2.75) is 24.2 Å². The van der Waals surface area contributed by atoms with Gasteiger partial charge in [0.25, 0.3) is 0 Å². The van der Waals surface area contributed by atoms with E-state index >= 15 is 0 Å². The first-order valence-corrected chi connectivity index (χ1v) is 11.4. The van der Waals surface area contributed by atoms with E-state index in [0.29, 0.717) is 19.0 Å². The maximum Gasteiger partial charge on any atom is 0.243 e. The van der Waals surface area contributed by atoms with Gasteiger partial charge in [-0.1, -0.05) is 54.6 Å². The van der Waals surface area contributed by atoms with Crippen LogP contribution >= 0.6 is 0 Å². The van der Waals surface area contributed by atoms with Gasteiger partial charge in [-0.15, -0.1) is 0 Å². The minimum atomic E-state index is -3.54. The minimum absolute atomic E-state index is 0.161. The van der Waals surface area contributed by atoms with Crippen molar-refractivity contribution < 1.29 is 12.8 Å². The maximum atomic E-state index is 13.1. The molecule has 0 amide bonds. The van der Waals surface area contributed by atoms with Crippen molar-refractivity contribution in [1.29, 1.82) is 0 Å². The van der Waals surface area contributed by atoms with Crippen molar-refractivity contribution in [3.05, 3.63) is 90.2 Å². The van der Waals surface area contributed by atoms with E-state index in [1.165, 1.54) is 45.3 Å². The number of halogens is 1. The summed E-state index contributed by atoms with van der Waals surface area (Å²) in [5.41, 5.74) is 3.69. The molecule has 150 valence electrons. The van der Waals surface area contributed by atoms with E-state index in [-0.39, 0.29) is 4.90 Å². The number of nitrogens with zero attached hydrogens (tertiary/aromatic N) is 1. The van der Waals surface area contributed by atoms with Crippen LogP contribution in [0, 0.1) is 11.7 Å². The van der Waals surface area contributed by atoms with Gasteiger partial charge in [0.15, 0.2) is 0 Å². The molecule has 1 aliphatic heterocycles. The van der Waals surface area contributed by atoms with Crippen LogP contribution in [0.3, 0.4) is 0 Å². The van der Waals surface area contributed by atoms with Gasteiger partial charge in [0.05, 0.1) is 4.90 Å². The first-order valence-electron chi connectivity index (χ1n) is 9.92. The van der Waals surface area contributed by atoms with Gasteiger partial charge in [0.2, 0.25) is 10.0 Å². The first-order chi connectivity index (χ1) is 14.0. The summed E-state index contributed by atoms with van der Waals surface area (Å²) in [6.45, 7) is 1.01. The van der Waals surface area contributed by atoms with Crippen LogP contribution in [0.2, 0.25) is 0 Å². The second-order valence-electron chi connectivity index (χ2n) is 7.57. The van der Waals surface area contributed by atoms with Gasteiger partial charge in [0.1, 0.15) is 5.82 Å². The number of sulfonamides is 1. The Labute approximate surface area is 171 Å². The Balaban J connectivity index is 1.36. The van der Waals surface area contributed by atoms with E-state index < -0.39 is 15.8 Å². The second kappa shape index (κ2) is 8.47. The fourth-order valence-corrected chi connectivity index (χ4v) is 5.38. The molecule has 0 aliphatic carbocycles. The lowest BCUT2D eigenvalue weighted by Gasteiger charge is -2.31. The largest absolute Gasteiger partial charge is 0.243 e. The van der Waals surface area contributed by atoms with E-state index in [2.05, 4.69) is 36.4 Å². The normalized spacial score (nSPS) is 16.0. The Morgan fingerprint density at radius 2 is 1.38 bits per heavy atom. The third kappa shape index (κ3) is 4.57. The van der Waals surface area contributed by atoms with Crippen molar-refractivity contribution in [2.24, 2.45) is 5.92 Å². The standard InChI is InChI=1S/C24H24FNO2S/c25-23-10-12-24(13-11-23)29(27,28)26-16-14-20(15-17-26)18-19-6-8-22(9-7-19)21-4-2-1-3-5-21/h1-13,20H,14-18H2. The summed E-state index contributed by atoms with van der Waals surface area (Å²) >= 11 is 0. The number of hydrogen-bond donors (Lipinski definition) is 0. The lowest BCUT2D eigenvalue weighted by molar-refractivity contribution is 0.273. The van der Waals surface area contributed by atoms with E-state index in [9.17, 15) is 12.8 Å². The van der Waals surface area contributed by atoms with Crippen molar-refractivity contribution >= 4 is 10.0 Å². The molecule has 0 bridgehead atoms. The van der Waals surface area contributed by atoms with Gasteiger partial charge in [0, 0.05) is 13.1 Å². The van der Waals surface area contributed by atoms with Crippen LogP contribution in [0.5, 0.6) is 0 Å². The molecule has 1 heterocycles. The highest BCUT2D eigenvalue weighted by molar-refractivity contribution is 7.89. The summed E-state index contributed by atoms with van der Waals surface area (Å²) < 4.78 is 40.1. The summed E-state index contributed by atoms with van der Waals surface area (Å²) in [7, 11) is -3.54. The quantitative estimate of drug-likeness (QED) is 0.585. The van der Waals surface area contributed by atoms with Crippen LogP contribution in [0.1, 0.15) is 18.4 Å². The number of hydrogen-bond acceptors (Lipinski definition) is 2. The molecule has 3 aromatic rings. The third-order valence-electron chi connectivity index (χ3n) is 5.61. The molecule has 1 saturated heterocycles. The summed E-state index contributed by atoms with van der Waals surface area (Å²) in [5.74, 6) is 0.0400. The molecule has 29 heavy (non-hydrogen) atoms. The van der Waals surface area contributed by atoms with Gasteiger partial charge < -0.3 is 0 Å². The van der Waals surface area contributed by atoms with E-state index in [1.807, 2.05) is 18.2 Å². The third-order valence-corrected chi connectivity index (χ3v) is 7.52. The van der Waals surface area contributed by atoms with Crippen molar-refractivity contribution in [1.82, 2.24) is 4.31 Å². The molecule has 3 aromatic carbocycles. The van der Waals surface area contributed by atoms with Crippen LogP contribution in [-0.4, -0.2) is 25.8 Å². The minimum Gasteiger partial charge on any atom is -0.207 e. The highest BCUT2D eigenvalue weighted by Crippen LogP contribution is 2.27. The van der Waals surface area contributed by atoms with Crippen LogP contribution in [0.15, 0.2) is 83.8 Å². The average Bonchev–Trinajstić information content (AvgIpc) is 2.76. The Kier molecular flexibility index (Phi) is 5.79. The maximum absolute atomic E-state index is 13.1. The number of piperidine rings is 1. The molecule has 0 radical (unpaired) electrons. The van der Waals surface area contributed by atoms with Gasteiger partial charge in [-0.3, -0.25) is 0 Å². The average molecular weight is 410 g/mol. The summed E-state index contributed by atoms with van der Waals surface area (Å²) in [6.07, 6.45) is 2.63. The van der Waals surface area contributed by atoms with E-state index in [0.717, 1.165) is 19.3 Å². The highest BCUT2D eigenvalue weighted by atomic mass is 32.2. The smallest absolute Gasteiger partial charge is 0.207 e. The monoisotopic (exact) mass is 409 g/mol. The topological polar surface area (TPSA) is 37.4 Å². The number of benzene rings is 3. The molecule has 4 rings (SSSR count). The zero-order chi connectivity index (χ0) is 20.3. The van der Waals surface area contributed by atoms with Gasteiger partial charge in [-0.05, 0) is 66.1 Å². The summed E-state index contributed by atoms with van der Waals surface area (Å²) in [5, 5.41) is 0. The Morgan fingerprint density at radius 1 is 0.793 bits per heavy atom. The first kappa shape index (κ1) is 19.8. The SMILES string of the molecule is O=S(=O)(c1ccc(F)cc1)N1CCC(Cc2ccc(-c3ccccc3)cc2)CC1. The number of rotatable bonds is 5. The van der Waals surface area contributed by atoms with Crippen molar-refractivity contribution in [2.75, 3.05) is 13.1 Å². The zero-order valence-electron chi connectivity index (χ0n) is 16.2. The molecular formula is C24H24FNO2S. The Hall–Kier alpha value is -2.50. The molecule has 0 spiro atoms. The molecule has 0 unspecified atom stereocenters. The predicted molar refractivity (Wildman–Crippen MR) is 113 cm³/mol. The fourth-order valence-electron chi connectivity index (χ4n) is 3.91. The molecule has 0 atom stereocenters. The highest BCUT2D eigenvalue weighted by Gasteiger charge is 2.29. The summed E-state index contributed by atoms with van der Waals surface area (Å²) in [6, 6.07) is 24.0. The van der Waals surface area contributed by atoms with Crippen LogP contribution < -0.4 is 0 Å². The van der Waals surface area contributed by atoms with Gasteiger partial charge in [-0.25, -0.2) is 12.8 Å². The van der Waals surface area contributed by atoms with Crippen LogP contribution in [0.25, 0.3) is 11.1 Å². The second-order valence-corrected chi connectivity index (χ2v) is 9.51. The molecule has 3 nitrogen and oxygen atoms in total. The van der Waals surface area contributed by atoms with Gasteiger partial charge >= 0.3 is 0 Å². The van der Waals surface area contributed by atoms with Crippen LogP contribution in [0.4, 0.5) is 4.39 Å². The lowest BCUT2D eigenvalue weighted by atomic mass is 9.90. The lowest BCUT2D eigenvalue weighted by Crippen LogP contribution is -2.38. The molecule has 0 saturated carbocycles. The Morgan fingerprint density at radius 3 is 2.00 bits per heavy atom. The Bertz CT molecular complexity index is 1040. The molecule has 1 fully saturated rings. The van der Waals surface area contributed by atoms with Gasteiger partial charge in [-0.2, -0.15) is 4.31 Å². The fraction of sp³-hybridized carbons (Fsp3) is 0.250. The zero-order valence-corrected chi connectivity index (χ0v) is 17.0. The molecular weight excluding hydrogens is 385 g/mol. The van der Waals surface area contributed by atoms with E-state index in [1.54, 1.807) is 0 Å². The van der Waals surface area contributed by atoms with Crippen molar-refractivity contribution in [3.63, 3.8) is 0 Å².